The normalized spacial score (nSPS) is 17.8. The maximum atomic E-state index is 12.7. The number of nitrogens with one attached hydrogen (secondary N) is 1. The van der Waals surface area contributed by atoms with Gasteiger partial charge in [0.05, 0.1) is 11.1 Å². The molecular weight excluding hydrogens is 330 g/mol. The molecule has 0 aliphatic carbocycles. The maximum Gasteiger partial charge on any atom is 0.248 e. The van der Waals surface area contributed by atoms with E-state index in [9.17, 15) is 4.79 Å². The number of nitrogens with zero attached hydrogens (tertiary/aromatic N) is 4. The fourth-order valence-corrected chi connectivity index (χ4v) is 4.32. The first-order chi connectivity index (χ1) is 11.2. The second-order valence-electron chi connectivity index (χ2n) is 5.47. The first kappa shape index (κ1) is 14.5. The van der Waals surface area contributed by atoms with Gasteiger partial charge in [-0.25, -0.2) is 15.0 Å². The van der Waals surface area contributed by atoms with Gasteiger partial charge in [0.15, 0.2) is 5.13 Å². The summed E-state index contributed by atoms with van der Waals surface area (Å²) in [6.07, 6.45) is 3.38. The Morgan fingerprint density at radius 3 is 3.13 bits per heavy atom. The molecule has 0 radical (unpaired) electrons. The molecule has 1 N–H and O–H groups in total. The van der Waals surface area contributed by atoms with E-state index in [1.165, 1.54) is 11.3 Å². The van der Waals surface area contributed by atoms with Crippen molar-refractivity contribution in [1.82, 2.24) is 15.0 Å². The van der Waals surface area contributed by atoms with E-state index in [1.54, 1.807) is 17.7 Å². The van der Waals surface area contributed by atoms with Crippen LogP contribution in [0.4, 0.5) is 10.9 Å². The molecule has 1 fully saturated rings. The van der Waals surface area contributed by atoms with Gasteiger partial charge in [0.1, 0.15) is 23.0 Å². The minimum Gasteiger partial charge on any atom is -0.344 e. The average molecular weight is 345 g/mol. The summed E-state index contributed by atoms with van der Waals surface area (Å²) < 4.78 is 0. The summed E-state index contributed by atoms with van der Waals surface area (Å²) in [5.74, 6) is 0.836. The predicted molar refractivity (Wildman–Crippen MR) is 93.3 cm³/mol. The van der Waals surface area contributed by atoms with Gasteiger partial charge in [-0.1, -0.05) is 0 Å². The van der Waals surface area contributed by atoms with E-state index in [0.29, 0.717) is 5.13 Å². The van der Waals surface area contributed by atoms with E-state index >= 15 is 0 Å². The predicted octanol–water partition coefficient (Wildman–Crippen LogP) is 3.06. The number of rotatable bonds is 3. The van der Waals surface area contributed by atoms with Crippen LogP contribution in [0.5, 0.6) is 0 Å². The van der Waals surface area contributed by atoms with Gasteiger partial charge in [0.2, 0.25) is 5.91 Å². The number of anilines is 2. The van der Waals surface area contributed by atoms with E-state index in [1.807, 2.05) is 23.8 Å². The molecule has 0 bridgehead atoms. The summed E-state index contributed by atoms with van der Waals surface area (Å²) in [5, 5.41) is 8.54. The molecule has 4 heterocycles. The fourth-order valence-electron chi connectivity index (χ4n) is 2.90. The summed E-state index contributed by atoms with van der Waals surface area (Å²) in [6, 6.07) is 1.81. The molecule has 1 atom stereocenters. The second-order valence-corrected chi connectivity index (χ2v) is 7.22. The number of thiophene rings is 1. The molecule has 118 valence electrons. The van der Waals surface area contributed by atoms with Crippen molar-refractivity contribution >= 4 is 49.7 Å². The van der Waals surface area contributed by atoms with Crippen molar-refractivity contribution in [1.29, 1.82) is 0 Å². The Morgan fingerprint density at radius 1 is 1.39 bits per heavy atom. The van der Waals surface area contributed by atoms with Crippen molar-refractivity contribution < 1.29 is 4.79 Å². The Balaban J connectivity index is 1.61. The molecule has 1 aliphatic rings. The third-order valence-corrected chi connectivity index (χ3v) is 5.61. The highest BCUT2D eigenvalue weighted by Gasteiger charge is 2.33. The van der Waals surface area contributed by atoms with Gasteiger partial charge in [0, 0.05) is 11.9 Å². The van der Waals surface area contributed by atoms with E-state index in [2.05, 4.69) is 25.2 Å². The van der Waals surface area contributed by atoms with Crippen LogP contribution in [0.2, 0.25) is 0 Å². The first-order valence-electron chi connectivity index (χ1n) is 7.40. The number of carbonyl (C=O) groups excluding carboxylic acids is 1. The van der Waals surface area contributed by atoms with Crippen LogP contribution in [-0.4, -0.2) is 33.4 Å². The van der Waals surface area contributed by atoms with Gasteiger partial charge >= 0.3 is 0 Å². The second kappa shape index (κ2) is 5.86. The van der Waals surface area contributed by atoms with Gasteiger partial charge in [-0.3, -0.25) is 4.79 Å². The minimum absolute atomic E-state index is 0.0150. The topological polar surface area (TPSA) is 71.0 Å². The fraction of sp³-hybridized carbons (Fsp3) is 0.333. The number of hydrogen-bond donors (Lipinski definition) is 1. The summed E-state index contributed by atoms with van der Waals surface area (Å²) in [6.45, 7) is 2.75. The quantitative estimate of drug-likeness (QED) is 0.790. The monoisotopic (exact) mass is 345 g/mol. The Labute approximate surface area is 141 Å². The number of carbonyl (C=O) groups is 1. The molecular formula is C15H15N5OS2. The van der Waals surface area contributed by atoms with E-state index < -0.39 is 0 Å². The van der Waals surface area contributed by atoms with Crippen molar-refractivity contribution in [3.63, 3.8) is 0 Å². The van der Waals surface area contributed by atoms with Crippen LogP contribution in [0.3, 0.4) is 0 Å². The summed E-state index contributed by atoms with van der Waals surface area (Å²) in [4.78, 5) is 28.7. The molecule has 0 unspecified atom stereocenters. The molecule has 0 aromatic carbocycles. The molecule has 1 aliphatic heterocycles. The zero-order chi connectivity index (χ0) is 15.8. The van der Waals surface area contributed by atoms with Crippen molar-refractivity contribution in [2.75, 3.05) is 16.8 Å². The van der Waals surface area contributed by atoms with E-state index in [4.69, 9.17) is 0 Å². The zero-order valence-electron chi connectivity index (χ0n) is 12.5. The molecule has 23 heavy (non-hydrogen) atoms. The number of aryl methyl sites for hydroxylation is 1. The lowest BCUT2D eigenvalue weighted by Gasteiger charge is -2.24. The Kier molecular flexibility index (Phi) is 3.70. The summed E-state index contributed by atoms with van der Waals surface area (Å²) >= 11 is 3.04. The van der Waals surface area contributed by atoms with Crippen molar-refractivity contribution in [2.24, 2.45) is 0 Å². The molecule has 3 aromatic heterocycles. The molecule has 8 heteroatoms. The third kappa shape index (κ3) is 2.68. The SMILES string of the molecule is Cc1csc(NC(=O)[C@@H]2CCCN2c2ncnc3sccc23)n1. The highest BCUT2D eigenvalue weighted by molar-refractivity contribution is 7.16. The highest BCUT2D eigenvalue weighted by Crippen LogP contribution is 2.32. The number of thiazole rings is 1. The van der Waals surface area contributed by atoms with E-state index in [-0.39, 0.29) is 11.9 Å². The van der Waals surface area contributed by atoms with Crippen LogP contribution in [0.1, 0.15) is 18.5 Å². The minimum atomic E-state index is -0.211. The van der Waals surface area contributed by atoms with Gasteiger partial charge in [-0.2, -0.15) is 0 Å². The number of fused-ring (bicyclic) bond motifs is 1. The van der Waals surface area contributed by atoms with Gasteiger partial charge in [-0.05, 0) is 31.2 Å². The van der Waals surface area contributed by atoms with E-state index in [0.717, 1.165) is 41.1 Å². The maximum absolute atomic E-state index is 12.7. The number of amides is 1. The van der Waals surface area contributed by atoms with Crippen LogP contribution < -0.4 is 10.2 Å². The van der Waals surface area contributed by atoms with Crippen LogP contribution >= 0.6 is 22.7 Å². The highest BCUT2D eigenvalue weighted by atomic mass is 32.1. The van der Waals surface area contributed by atoms with Crippen molar-refractivity contribution in [3.05, 3.63) is 28.8 Å². The molecule has 4 rings (SSSR count). The van der Waals surface area contributed by atoms with Crippen LogP contribution in [0.25, 0.3) is 10.2 Å². The number of aromatic nitrogens is 3. The lowest BCUT2D eigenvalue weighted by atomic mass is 10.2. The van der Waals surface area contributed by atoms with Gasteiger partial charge in [-0.15, -0.1) is 22.7 Å². The smallest absolute Gasteiger partial charge is 0.248 e. The molecule has 1 amide bonds. The zero-order valence-corrected chi connectivity index (χ0v) is 14.2. The van der Waals surface area contributed by atoms with Crippen LogP contribution in [0.15, 0.2) is 23.2 Å². The lowest BCUT2D eigenvalue weighted by Crippen LogP contribution is -2.40. The van der Waals surface area contributed by atoms with Crippen LogP contribution in [-0.2, 0) is 4.79 Å². The van der Waals surface area contributed by atoms with Gasteiger partial charge < -0.3 is 10.2 Å². The first-order valence-corrected chi connectivity index (χ1v) is 9.16. The Bertz CT molecular complexity index is 858. The molecule has 0 saturated carbocycles. The number of hydrogen-bond acceptors (Lipinski definition) is 7. The summed E-state index contributed by atoms with van der Waals surface area (Å²) in [7, 11) is 0. The third-order valence-electron chi connectivity index (χ3n) is 3.92. The van der Waals surface area contributed by atoms with Crippen molar-refractivity contribution in [2.45, 2.75) is 25.8 Å². The average Bonchev–Trinajstić information content (AvgIpc) is 3.26. The van der Waals surface area contributed by atoms with Gasteiger partial charge in [0.25, 0.3) is 0 Å². The summed E-state index contributed by atoms with van der Waals surface area (Å²) in [5.41, 5.74) is 0.921. The standard InChI is InChI=1S/C15H15N5OS2/c1-9-7-23-15(18-9)19-13(21)11-3-2-5-20(11)12-10-4-6-22-14(10)17-8-16-12/h4,6-8,11H,2-3,5H2,1H3,(H,18,19,21)/t11-/m0/s1. The van der Waals surface area contributed by atoms with Crippen LogP contribution in [0, 0.1) is 6.92 Å². The largest absolute Gasteiger partial charge is 0.344 e. The molecule has 3 aromatic rings. The lowest BCUT2D eigenvalue weighted by molar-refractivity contribution is -0.117. The molecule has 0 spiro atoms. The molecule has 6 nitrogen and oxygen atoms in total. The molecule has 1 saturated heterocycles. The Hall–Kier alpha value is -2.06. The van der Waals surface area contributed by atoms with Crippen molar-refractivity contribution in [3.8, 4) is 0 Å². The Morgan fingerprint density at radius 2 is 2.30 bits per heavy atom.